The summed E-state index contributed by atoms with van der Waals surface area (Å²) in [6, 6.07) is 8.57. The third kappa shape index (κ3) is 3.51. The van der Waals surface area contributed by atoms with Gasteiger partial charge in [-0.2, -0.15) is 0 Å². The SMILES string of the molecule is CC(C)NCc1ccccc1N1CCCCC1C(N)=O. The van der Waals surface area contributed by atoms with Crippen LogP contribution < -0.4 is 16.0 Å². The molecule has 1 atom stereocenters. The number of rotatable bonds is 5. The van der Waals surface area contributed by atoms with Gasteiger partial charge < -0.3 is 16.0 Å². The number of nitrogens with zero attached hydrogens (tertiary/aromatic N) is 1. The first kappa shape index (κ1) is 14.9. The summed E-state index contributed by atoms with van der Waals surface area (Å²) in [5, 5.41) is 3.44. The average molecular weight is 275 g/mol. The molecule has 1 heterocycles. The van der Waals surface area contributed by atoms with E-state index < -0.39 is 0 Å². The maximum atomic E-state index is 11.7. The van der Waals surface area contributed by atoms with Crippen molar-refractivity contribution in [3.8, 4) is 0 Å². The molecule has 0 saturated carbocycles. The van der Waals surface area contributed by atoms with E-state index >= 15 is 0 Å². The Morgan fingerprint density at radius 1 is 1.40 bits per heavy atom. The number of carbonyl (C=O) groups is 1. The van der Waals surface area contributed by atoms with Gasteiger partial charge in [-0.1, -0.05) is 32.0 Å². The van der Waals surface area contributed by atoms with Crippen molar-refractivity contribution in [1.29, 1.82) is 0 Å². The van der Waals surface area contributed by atoms with Gasteiger partial charge in [-0.3, -0.25) is 4.79 Å². The van der Waals surface area contributed by atoms with Crippen LogP contribution >= 0.6 is 0 Å². The molecule has 1 unspecified atom stereocenters. The Morgan fingerprint density at radius 2 is 2.15 bits per heavy atom. The number of carbonyl (C=O) groups excluding carboxylic acids is 1. The van der Waals surface area contributed by atoms with Crippen molar-refractivity contribution in [1.82, 2.24) is 5.32 Å². The first-order chi connectivity index (χ1) is 9.59. The highest BCUT2D eigenvalue weighted by Gasteiger charge is 2.28. The smallest absolute Gasteiger partial charge is 0.240 e. The Morgan fingerprint density at radius 3 is 2.85 bits per heavy atom. The van der Waals surface area contributed by atoms with E-state index in [4.69, 9.17) is 5.73 Å². The quantitative estimate of drug-likeness (QED) is 0.864. The Balaban J connectivity index is 2.23. The van der Waals surface area contributed by atoms with Crippen LogP contribution in [0.15, 0.2) is 24.3 Å². The van der Waals surface area contributed by atoms with Crippen LogP contribution in [0.5, 0.6) is 0 Å². The highest BCUT2D eigenvalue weighted by Crippen LogP contribution is 2.28. The molecule has 0 bridgehead atoms. The van der Waals surface area contributed by atoms with Gasteiger partial charge in [0, 0.05) is 24.8 Å². The molecule has 4 nitrogen and oxygen atoms in total. The number of para-hydroxylation sites is 1. The van der Waals surface area contributed by atoms with Crippen molar-refractivity contribution in [2.45, 2.75) is 51.7 Å². The van der Waals surface area contributed by atoms with Gasteiger partial charge in [-0.25, -0.2) is 0 Å². The molecule has 3 N–H and O–H groups in total. The van der Waals surface area contributed by atoms with E-state index in [1.54, 1.807) is 0 Å². The molecule has 1 saturated heterocycles. The number of amides is 1. The fraction of sp³-hybridized carbons (Fsp3) is 0.562. The van der Waals surface area contributed by atoms with Gasteiger partial charge in [0.05, 0.1) is 0 Å². The summed E-state index contributed by atoms with van der Waals surface area (Å²) >= 11 is 0. The van der Waals surface area contributed by atoms with E-state index in [1.165, 1.54) is 5.56 Å². The lowest BCUT2D eigenvalue weighted by molar-refractivity contribution is -0.119. The van der Waals surface area contributed by atoms with Crippen LogP contribution in [0.25, 0.3) is 0 Å². The number of anilines is 1. The topological polar surface area (TPSA) is 58.4 Å². The molecule has 0 aliphatic carbocycles. The summed E-state index contributed by atoms with van der Waals surface area (Å²) in [5.41, 5.74) is 7.94. The second kappa shape index (κ2) is 6.75. The lowest BCUT2D eigenvalue weighted by Gasteiger charge is -2.37. The second-order valence-electron chi connectivity index (χ2n) is 5.77. The summed E-state index contributed by atoms with van der Waals surface area (Å²) in [6.45, 7) is 5.99. The predicted molar refractivity (Wildman–Crippen MR) is 82.6 cm³/mol. The number of primary amides is 1. The van der Waals surface area contributed by atoms with Gasteiger partial charge >= 0.3 is 0 Å². The fourth-order valence-corrected chi connectivity index (χ4v) is 2.77. The molecular weight excluding hydrogens is 250 g/mol. The van der Waals surface area contributed by atoms with Gasteiger partial charge in [-0.05, 0) is 30.9 Å². The molecule has 0 aromatic heterocycles. The van der Waals surface area contributed by atoms with Gasteiger partial charge in [0.2, 0.25) is 5.91 Å². The number of nitrogens with one attached hydrogen (secondary N) is 1. The minimum absolute atomic E-state index is 0.163. The highest BCUT2D eigenvalue weighted by atomic mass is 16.1. The summed E-state index contributed by atoms with van der Waals surface area (Å²) in [6.07, 6.45) is 3.06. The van der Waals surface area contributed by atoms with Crippen molar-refractivity contribution >= 4 is 11.6 Å². The molecule has 0 radical (unpaired) electrons. The Hall–Kier alpha value is -1.55. The molecule has 1 aliphatic rings. The fourth-order valence-electron chi connectivity index (χ4n) is 2.77. The minimum atomic E-state index is -0.212. The van der Waals surface area contributed by atoms with Crippen molar-refractivity contribution in [2.24, 2.45) is 5.73 Å². The largest absolute Gasteiger partial charge is 0.368 e. The number of piperidine rings is 1. The molecule has 4 heteroatoms. The third-order valence-corrected chi connectivity index (χ3v) is 3.83. The van der Waals surface area contributed by atoms with Crippen molar-refractivity contribution in [3.63, 3.8) is 0 Å². The summed E-state index contributed by atoms with van der Waals surface area (Å²) in [4.78, 5) is 13.9. The van der Waals surface area contributed by atoms with Gasteiger partial charge in [0.25, 0.3) is 0 Å². The molecule has 1 amide bonds. The third-order valence-electron chi connectivity index (χ3n) is 3.83. The van der Waals surface area contributed by atoms with Gasteiger partial charge in [0.1, 0.15) is 6.04 Å². The predicted octanol–water partition coefficient (Wildman–Crippen LogP) is 2.03. The van der Waals surface area contributed by atoms with Crippen LogP contribution in [0.1, 0.15) is 38.7 Å². The lowest BCUT2D eigenvalue weighted by Crippen LogP contribution is -2.48. The van der Waals surface area contributed by atoms with Crippen LogP contribution in [-0.4, -0.2) is 24.5 Å². The maximum Gasteiger partial charge on any atom is 0.240 e. The van der Waals surface area contributed by atoms with E-state index in [1.807, 2.05) is 12.1 Å². The summed E-state index contributed by atoms with van der Waals surface area (Å²) in [7, 11) is 0. The average Bonchev–Trinajstić information content (AvgIpc) is 2.45. The molecule has 110 valence electrons. The summed E-state index contributed by atoms with van der Waals surface area (Å²) in [5.74, 6) is -0.212. The van der Waals surface area contributed by atoms with Crippen molar-refractivity contribution in [3.05, 3.63) is 29.8 Å². The van der Waals surface area contributed by atoms with Crippen molar-refractivity contribution < 1.29 is 4.79 Å². The Labute approximate surface area is 121 Å². The number of benzene rings is 1. The number of hydrogen-bond donors (Lipinski definition) is 2. The molecule has 1 aromatic rings. The molecule has 20 heavy (non-hydrogen) atoms. The van der Waals surface area contributed by atoms with E-state index in [0.717, 1.165) is 38.0 Å². The van der Waals surface area contributed by atoms with Crippen LogP contribution in [-0.2, 0) is 11.3 Å². The first-order valence-corrected chi connectivity index (χ1v) is 7.47. The second-order valence-corrected chi connectivity index (χ2v) is 5.77. The van der Waals surface area contributed by atoms with E-state index in [0.29, 0.717) is 6.04 Å². The van der Waals surface area contributed by atoms with Gasteiger partial charge in [0.15, 0.2) is 0 Å². The van der Waals surface area contributed by atoms with Gasteiger partial charge in [-0.15, -0.1) is 0 Å². The number of nitrogens with two attached hydrogens (primary N) is 1. The summed E-state index contributed by atoms with van der Waals surface area (Å²) < 4.78 is 0. The Bertz CT molecular complexity index is 459. The standard InChI is InChI=1S/C16H25N3O/c1-12(2)18-11-13-7-3-4-8-14(13)19-10-6-5-9-15(19)16(17)20/h3-4,7-8,12,15,18H,5-6,9-11H2,1-2H3,(H2,17,20). The zero-order valence-electron chi connectivity index (χ0n) is 12.4. The van der Waals surface area contributed by atoms with Crippen molar-refractivity contribution in [2.75, 3.05) is 11.4 Å². The maximum absolute atomic E-state index is 11.7. The first-order valence-electron chi connectivity index (χ1n) is 7.47. The molecule has 1 fully saturated rings. The lowest BCUT2D eigenvalue weighted by atomic mass is 9.99. The molecular formula is C16H25N3O. The monoisotopic (exact) mass is 275 g/mol. The van der Waals surface area contributed by atoms with E-state index in [-0.39, 0.29) is 11.9 Å². The van der Waals surface area contributed by atoms with E-state index in [9.17, 15) is 4.79 Å². The van der Waals surface area contributed by atoms with Crippen LogP contribution in [0.4, 0.5) is 5.69 Å². The van der Waals surface area contributed by atoms with E-state index in [2.05, 4.69) is 36.2 Å². The number of hydrogen-bond acceptors (Lipinski definition) is 3. The molecule has 1 aliphatic heterocycles. The molecule has 1 aromatic carbocycles. The zero-order chi connectivity index (χ0) is 14.5. The van der Waals surface area contributed by atoms with Crippen LogP contribution in [0.3, 0.4) is 0 Å². The molecule has 0 spiro atoms. The Kier molecular flexibility index (Phi) is 5.01. The molecule has 2 rings (SSSR count). The minimum Gasteiger partial charge on any atom is -0.368 e. The highest BCUT2D eigenvalue weighted by molar-refractivity contribution is 5.84. The zero-order valence-corrected chi connectivity index (χ0v) is 12.4. The van der Waals surface area contributed by atoms with Crippen LogP contribution in [0.2, 0.25) is 0 Å². The van der Waals surface area contributed by atoms with Crippen LogP contribution in [0, 0.1) is 0 Å². The normalized spacial score (nSPS) is 19.4.